The highest BCUT2D eigenvalue weighted by atomic mass is 16.3. The van der Waals surface area contributed by atoms with Crippen LogP contribution in [0.2, 0.25) is 0 Å². The maximum atomic E-state index is 10.5. The number of hydrogen-bond acceptors (Lipinski definition) is 3. The Morgan fingerprint density at radius 1 is 1.14 bits per heavy atom. The van der Waals surface area contributed by atoms with Crippen LogP contribution in [0.25, 0.3) is 0 Å². The standard InChI is InChI=1S/C18H21NO2/c1-2-15(14-9-5-6-10-17(14)20)19-16-11-12-7-3-4-8-13(12)18(16)21/h3-10,15-16,18-21H,2,11H2,1H3. The van der Waals surface area contributed by atoms with E-state index in [2.05, 4.69) is 18.3 Å². The fraction of sp³-hybridized carbons (Fsp3) is 0.333. The zero-order valence-corrected chi connectivity index (χ0v) is 12.2. The molecule has 2 aromatic rings. The summed E-state index contributed by atoms with van der Waals surface area (Å²) in [6.45, 7) is 2.08. The molecule has 0 saturated carbocycles. The third kappa shape index (κ3) is 2.67. The Morgan fingerprint density at radius 3 is 2.57 bits per heavy atom. The molecule has 0 spiro atoms. The molecule has 3 N–H and O–H groups in total. The lowest BCUT2D eigenvalue weighted by Crippen LogP contribution is -2.35. The van der Waals surface area contributed by atoms with Gasteiger partial charge >= 0.3 is 0 Å². The highest BCUT2D eigenvalue weighted by Crippen LogP contribution is 2.34. The summed E-state index contributed by atoms with van der Waals surface area (Å²) in [5.41, 5.74) is 3.11. The summed E-state index contributed by atoms with van der Waals surface area (Å²) in [4.78, 5) is 0. The van der Waals surface area contributed by atoms with Crippen molar-refractivity contribution in [2.24, 2.45) is 0 Å². The molecule has 0 radical (unpaired) electrons. The Bertz CT molecular complexity index is 626. The number of nitrogens with one attached hydrogen (secondary N) is 1. The van der Waals surface area contributed by atoms with Gasteiger partial charge in [0.05, 0.1) is 6.10 Å². The number of aromatic hydroxyl groups is 1. The predicted molar refractivity (Wildman–Crippen MR) is 83.2 cm³/mol. The van der Waals surface area contributed by atoms with E-state index in [-0.39, 0.29) is 12.1 Å². The van der Waals surface area contributed by atoms with Crippen LogP contribution in [0.3, 0.4) is 0 Å². The molecule has 21 heavy (non-hydrogen) atoms. The third-order valence-corrected chi connectivity index (χ3v) is 4.33. The molecule has 0 saturated heterocycles. The van der Waals surface area contributed by atoms with Gasteiger partial charge in [0.25, 0.3) is 0 Å². The minimum atomic E-state index is -0.485. The van der Waals surface area contributed by atoms with Gasteiger partial charge < -0.3 is 15.5 Å². The summed E-state index contributed by atoms with van der Waals surface area (Å²) in [5.74, 6) is 0.307. The first-order chi connectivity index (χ1) is 10.2. The number of phenols is 1. The highest BCUT2D eigenvalue weighted by Gasteiger charge is 2.32. The Morgan fingerprint density at radius 2 is 1.86 bits per heavy atom. The molecule has 1 aliphatic carbocycles. The van der Waals surface area contributed by atoms with Crippen LogP contribution in [0.5, 0.6) is 5.75 Å². The van der Waals surface area contributed by atoms with E-state index in [9.17, 15) is 10.2 Å². The Labute approximate surface area is 125 Å². The average molecular weight is 283 g/mol. The molecule has 2 aromatic carbocycles. The number of rotatable bonds is 4. The zero-order chi connectivity index (χ0) is 14.8. The summed E-state index contributed by atoms with van der Waals surface area (Å²) < 4.78 is 0. The van der Waals surface area contributed by atoms with Crippen molar-refractivity contribution in [3.05, 3.63) is 65.2 Å². The van der Waals surface area contributed by atoms with E-state index in [1.54, 1.807) is 6.07 Å². The number of hydrogen-bond donors (Lipinski definition) is 3. The van der Waals surface area contributed by atoms with Gasteiger partial charge in [0.1, 0.15) is 5.75 Å². The van der Waals surface area contributed by atoms with Crippen molar-refractivity contribution in [1.82, 2.24) is 5.32 Å². The summed E-state index contributed by atoms with van der Waals surface area (Å²) in [6, 6.07) is 15.5. The number of aliphatic hydroxyl groups is 1. The molecule has 0 amide bonds. The van der Waals surface area contributed by atoms with Gasteiger partial charge in [0, 0.05) is 17.6 Å². The molecule has 3 nitrogen and oxygen atoms in total. The Balaban J connectivity index is 1.79. The highest BCUT2D eigenvalue weighted by molar-refractivity contribution is 5.37. The van der Waals surface area contributed by atoms with Gasteiger partial charge in [-0.15, -0.1) is 0 Å². The number of benzene rings is 2. The molecule has 3 atom stereocenters. The molecule has 110 valence electrons. The van der Waals surface area contributed by atoms with E-state index in [4.69, 9.17) is 0 Å². The van der Waals surface area contributed by atoms with E-state index < -0.39 is 6.10 Å². The van der Waals surface area contributed by atoms with Gasteiger partial charge in [-0.3, -0.25) is 0 Å². The van der Waals surface area contributed by atoms with Crippen LogP contribution in [0.15, 0.2) is 48.5 Å². The third-order valence-electron chi connectivity index (χ3n) is 4.33. The van der Waals surface area contributed by atoms with Gasteiger partial charge in [0.15, 0.2) is 0 Å². The quantitative estimate of drug-likeness (QED) is 0.808. The molecule has 0 aromatic heterocycles. The molecule has 0 fully saturated rings. The lowest BCUT2D eigenvalue weighted by Gasteiger charge is -2.25. The van der Waals surface area contributed by atoms with Crippen molar-refractivity contribution in [2.75, 3.05) is 0 Å². The van der Waals surface area contributed by atoms with Crippen LogP contribution in [-0.2, 0) is 6.42 Å². The van der Waals surface area contributed by atoms with E-state index in [0.717, 1.165) is 24.0 Å². The average Bonchev–Trinajstić information content (AvgIpc) is 2.82. The summed E-state index contributed by atoms with van der Waals surface area (Å²) in [5, 5.41) is 24.0. The predicted octanol–water partition coefficient (Wildman–Crippen LogP) is 3.09. The molecular formula is C18H21NO2. The van der Waals surface area contributed by atoms with Crippen LogP contribution in [-0.4, -0.2) is 16.3 Å². The maximum Gasteiger partial charge on any atom is 0.120 e. The fourth-order valence-corrected chi connectivity index (χ4v) is 3.19. The molecule has 1 aliphatic rings. The van der Waals surface area contributed by atoms with Crippen LogP contribution in [0.1, 0.15) is 42.2 Å². The van der Waals surface area contributed by atoms with Gasteiger partial charge in [-0.25, -0.2) is 0 Å². The lowest BCUT2D eigenvalue weighted by molar-refractivity contribution is 0.134. The van der Waals surface area contributed by atoms with Gasteiger partial charge in [0.2, 0.25) is 0 Å². The Kier molecular flexibility index (Phi) is 3.95. The second-order valence-corrected chi connectivity index (χ2v) is 5.64. The van der Waals surface area contributed by atoms with E-state index in [1.807, 2.05) is 36.4 Å². The summed E-state index contributed by atoms with van der Waals surface area (Å²) >= 11 is 0. The van der Waals surface area contributed by atoms with Gasteiger partial charge in [-0.05, 0) is 30.0 Å². The maximum absolute atomic E-state index is 10.5. The van der Waals surface area contributed by atoms with Crippen molar-refractivity contribution in [3.8, 4) is 5.75 Å². The van der Waals surface area contributed by atoms with Crippen LogP contribution < -0.4 is 5.32 Å². The Hall–Kier alpha value is -1.84. The lowest BCUT2D eigenvalue weighted by atomic mass is 10.0. The van der Waals surface area contributed by atoms with Crippen molar-refractivity contribution >= 4 is 0 Å². The van der Waals surface area contributed by atoms with Crippen LogP contribution in [0, 0.1) is 0 Å². The number of para-hydroxylation sites is 1. The largest absolute Gasteiger partial charge is 0.508 e. The molecule has 0 bridgehead atoms. The molecular weight excluding hydrogens is 262 g/mol. The molecule has 3 heteroatoms. The number of phenolic OH excluding ortho intramolecular Hbond substituents is 1. The molecule has 0 aliphatic heterocycles. The van der Waals surface area contributed by atoms with Gasteiger partial charge in [-0.1, -0.05) is 49.4 Å². The van der Waals surface area contributed by atoms with Crippen LogP contribution in [0.4, 0.5) is 0 Å². The normalized spacial score (nSPS) is 22.0. The summed E-state index contributed by atoms with van der Waals surface area (Å²) in [6.07, 6.45) is 1.19. The molecule has 0 heterocycles. The fourth-order valence-electron chi connectivity index (χ4n) is 3.19. The number of aliphatic hydroxyl groups excluding tert-OH is 1. The number of fused-ring (bicyclic) bond motifs is 1. The SMILES string of the molecule is CCC(NC1Cc2ccccc2C1O)c1ccccc1O. The zero-order valence-electron chi connectivity index (χ0n) is 12.2. The first-order valence-electron chi connectivity index (χ1n) is 7.50. The van der Waals surface area contributed by atoms with E-state index in [0.29, 0.717) is 5.75 Å². The smallest absolute Gasteiger partial charge is 0.120 e. The second kappa shape index (κ2) is 5.88. The van der Waals surface area contributed by atoms with Crippen molar-refractivity contribution < 1.29 is 10.2 Å². The second-order valence-electron chi connectivity index (χ2n) is 5.64. The van der Waals surface area contributed by atoms with Gasteiger partial charge in [-0.2, -0.15) is 0 Å². The summed E-state index contributed by atoms with van der Waals surface area (Å²) in [7, 11) is 0. The van der Waals surface area contributed by atoms with E-state index in [1.165, 1.54) is 5.56 Å². The van der Waals surface area contributed by atoms with Crippen LogP contribution >= 0.6 is 0 Å². The minimum Gasteiger partial charge on any atom is -0.508 e. The monoisotopic (exact) mass is 283 g/mol. The first kappa shape index (κ1) is 14.1. The minimum absolute atomic E-state index is 0.00745. The first-order valence-corrected chi connectivity index (χ1v) is 7.50. The van der Waals surface area contributed by atoms with Crippen molar-refractivity contribution in [1.29, 1.82) is 0 Å². The van der Waals surface area contributed by atoms with E-state index >= 15 is 0 Å². The van der Waals surface area contributed by atoms with Crippen molar-refractivity contribution in [3.63, 3.8) is 0 Å². The van der Waals surface area contributed by atoms with Crippen molar-refractivity contribution in [2.45, 2.75) is 38.0 Å². The topological polar surface area (TPSA) is 52.5 Å². The molecule has 3 unspecified atom stereocenters. The molecule has 3 rings (SSSR count).